The van der Waals surface area contributed by atoms with Crippen LogP contribution in [0.15, 0.2) is 42.5 Å². The summed E-state index contributed by atoms with van der Waals surface area (Å²) in [6.07, 6.45) is 0. The number of nitrogens with zero attached hydrogens (tertiary/aromatic N) is 1. The third kappa shape index (κ3) is 2.95. The number of hydrogen-bond acceptors (Lipinski definition) is 3. The van der Waals surface area contributed by atoms with Crippen LogP contribution in [0.1, 0.15) is 26.3 Å². The molecule has 1 saturated heterocycles. The number of carbonyl (C=O) groups excluding carboxylic acids is 3. The Morgan fingerprint density at radius 2 is 1.84 bits per heavy atom. The first kappa shape index (κ1) is 17.0. The van der Waals surface area contributed by atoms with Crippen molar-refractivity contribution in [2.75, 3.05) is 6.54 Å². The fraction of sp³-hybridized carbons (Fsp3) is 0.316. The molecule has 0 radical (unpaired) electrons. The topological polar surface area (TPSA) is 78.5 Å². The van der Waals surface area contributed by atoms with E-state index in [0.717, 1.165) is 21.2 Å². The molecule has 0 aromatic heterocycles. The molecule has 2 aromatic carbocycles. The van der Waals surface area contributed by atoms with E-state index >= 15 is 0 Å². The van der Waals surface area contributed by atoms with E-state index in [1.807, 2.05) is 56.3 Å². The Morgan fingerprint density at radius 3 is 2.56 bits per heavy atom. The zero-order chi connectivity index (χ0) is 18.2. The molecular formula is C19H21N3O3. The van der Waals surface area contributed by atoms with E-state index in [1.165, 1.54) is 0 Å². The van der Waals surface area contributed by atoms with Crippen molar-refractivity contribution in [1.82, 2.24) is 15.5 Å². The minimum Gasteiger partial charge on any atom is -0.352 e. The van der Waals surface area contributed by atoms with E-state index in [-0.39, 0.29) is 18.5 Å². The Morgan fingerprint density at radius 1 is 1.16 bits per heavy atom. The maximum Gasteiger partial charge on any atom is 0.325 e. The summed E-state index contributed by atoms with van der Waals surface area (Å²) in [5.74, 6) is -0.784. The molecule has 0 unspecified atom stereocenters. The summed E-state index contributed by atoms with van der Waals surface area (Å²) >= 11 is 0. The Bertz CT molecular complexity index is 857. The van der Waals surface area contributed by atoms with Crippen LogP contribution in [0.4, 0.5) is 4.79 Å². The maximum absolute atomic E-state index is 13.0. The number of hydrogen-bond donors (Lipinski definition) is 2. The van der Waals surface area contributed by atoms with Crippen molar-refractivity contribution in [3.63, 3.8) is 0 Å². The van der Waals surface area contributed by atoms with Crippen molar-refractivity contribution in [3.8, 4) is 0 Å². The fourth-order valence-electron chi connectivity index (χ4n) is 3.20. The lowest BCUT2D eigenvalue weighted by Crippen LogP contribution is -2.44. The van der Waals surface area contributed by atoms with Crippen molar-refractivity contribution < 1.29 is 14.4 Å². The molecule has 6 heteroatoms. The number of carbonyl (C=O) groups is 3. The van der Waals surface area contributed by atoms with Crippen LogP contribution < -0.4 is 10.6 Å². The lowest BCUT2D eigenvalue weighted by molar-refractivity contribution is -0.134. The zero-order valence-electron chi connectivity index (χ0n) is 14.5. The Labute approximate surface area is 146 Å². The highest BCUT2D eigenvalue weighted by Crippen LogP contribution is 2.33. The number of benzene rings is 2. The van der Waals surface area contributed by atoms with Crippen LogP contribution in [0.2, 0.25) is 0 Å². The number of urea groups is 1. The first-order valence-electron chi connectivity index (χ1n) is 8.24. The minimum absolute atomic E-state index is 0.0577. The number of imide groups is 1. The Balaban J connectivity index is 1.95. The molecule has 0 spiro atoms. The molecule has 2 aromatic rings. The molecule has 2 N–H and O–H groups in total. The van der Waals surface area contributed by atoms with Crippen molar-refractivity contribution in [2.24, 2.45) is 0 Å². The van der Waals surface area contributed by atoms with Gasteiger partial charge in [0.15, 0.2) is 0 Å². The van der Waals surface area contributed by atoms with E-state index < -0.39 is 17.5 Å². The van der Waals surface area contributed by atoms with E-state index in [9.17, 15) is 14.4 Å². The summed E-state index contributed by atoms with van der Waals surface area (Å²) in [6, 6.07) is 12.7. The van der Waals surface area contributed by atoms with Gasteiger partial charge in [0.1, 0.15) is 12.1 Å². The van der Waals surface area contributed by atoms with Gasteiger partial charge < -0.3 is 10.6 Å². The summed E-state index contributed by atoms with van der Waals surface area (Å²) < 4.78 is 0. The molecule has 0 aliphatic carbocycles. The van der Waals surface area contributed by atoms with Gasteiger partial charge in [-0.1, -0.05) is 42.5 Å². The molecule has 1 heterocycles. The molecule has 0 bridgehead atoms. The minimum atomic E-state index is -1.20. The third-order valence-corrected chi connectivity index (χ3v) is 4.35. The molecule has 1 fully saturated rings. The second kappa shape index (κ2) is 6.20. The molecule has 25 heavy (non-hydrogen) atoms. The van der Waals surface area contributed by atoms with Gasteiger partial charge in [-0.15, -0.1) is 0 Å². The average molecular weight is 339 g/mol. The van der Waals surface area contributed by atoms with Crippen LogP contribution in [0, 0.1) is 0 Å². The van der Waals surface area contributed by atoms with Crippen LogP contribution in [0.5, 0.6) is 0 Å². The standard InChI is InChI=1S/C19H21N3O3/c1-12(2)20-16(23)11-22-17(24)19(3,21-18(22)25)15-10-6-8-13-7-4-5-9-14(13)15/h4-10,12H,11H2,1-3H3,(H,20,23)(H,21,25)/t19-/m1/s1. The highest BCUT2D eigenvalue weighted by Gasteiger charge is 2.50. The monoisotopic (exact) mass is 339 g/mol. The van der Waals surface area contributed by atoms with E-state index in [4.69, 9.17) is 0 Å². The van der Waals surface area contributed by atoms with Gasteiger partial charge in [0.25, 0.3) is 5.91 Å². The van der Waals surface area contributed by atoms with Crippen LogP contribution in [0.3, 0.4) is 0 Å². The Kier molecular flexibility index (Phi) is 4.20. The van der Waals surface area contributed by atoms with Crippen molar-refractivity contribution in [3.05, 3.63) is 48.0 Å². The van der Waals surface area contributed by atoms with Gasteiger partial charge in [0.2, 0.25) is 5.91 Å². The summed E-state index contributed by atoms with van der Waals surface area (Å²) in [4.78, 5) is 38.3. The van der Waals surface area contributed by atoms with Gasteiger partial charge in [-0.2, -0.15) is 0 Å². The fourth-order valence-corrected chi connectivity index (χ4v) is 3.20. The highest BCUT2D eigenvalue weighted by molar-refractivity contribution is 6.10. The largest absolute Gasteiger partial charge is 0.352 e. The SMILES string of the molecule is CC(C)NC(=O)CN1C(=O)N[C@](C)(c2cccc3ccccc23)C1=O. The third-order valence-electron chi connectivity index (χ3n) is 4.35. The molecule has 0 saturated carbocycles. The predicted octanol–water partition coefficient (Wildman–Crippen LogP) is 2.13. The summed E-state index contributed by atoms with van der Waals surface area (Å²) in [5.41, 5.74) is -0.480. The molecular weight excluding hydrogens is 318 g/mol. The van der Waals surface area contributed by atoms with Gasteiger partial charge in [0.05, 0.1) is 0 Å². The molecule has 4 amide bonds. The molecule has 130 valence electrons. The lowest BCUT2D eigenvalue weighted by Gasteiger charge is -2.24. The number of nitrogens with one attached hydrogen (secondary N) is 2. The second-order valence-corrected chi connectivity index (χ2v) is 6.70. The van der Waals surface area contributed by atoms with E-state index in [1.54, 1.807) is 6.92 Å². The van der Waals surface area contributed by atoms with E-state index in [0.29, 0.717) is 0 Å². The highest BCUT2D eigenvalue weighted by atomic mass is 16.2. The normalized spacial score (nSPS) is 20.2. The van der Waals surface area contributed by atoms with Gasteiger partial charge in [-0.05, 0) is 37.1 Å². The van der Waals surface area contributed by atoms with Gasteiger partial charge in [-0.3, -0.25) is 14.5 Å². The zero-order valence-corrected chi connectivity index (χ0v) is 14.5. The van der Waals surface area contributed by atoms with Crippen molar-refractivity contribution in [2.45, 2.75) is 32.4 Å². The molecule has 1 atom stereocenters. The molecule has 6 nitrogen and oxygen atoms in total. The van der Waals surface area contributed by atoms with Gasteiger partial charge in [0, 0.05) is 6.04 Å². The van der Waals surface area contributed by atoms with Gasteiger partial charge >= 0.3 is 6.03 Å². The average Bonchev–Trinajstić information content (AvgIpc) is 2.78. The number of amides is 4. The first-order chi connectivity index (χ1) is 11.8. The molecule has 1 aliphatic heterocycles. The van der Waals surface area contributed by atoms with Gasteiger partial charge in [-0.25, -0.2) is 4.79 Å². The quantitative estimate of drug-likeness (QED) is 0.838. The smallest absolute Gasteiger partial charge is 0.325 e. The van der Waals surface area contributed by atoms with Crippen LogP contribution in [-0.2, 0) is 15.1 Å². The summed E-state index contributed by atoms with van der Waals surface area (Å²) in [7, 11) is 0. The lowest BCUT2D eigenvalue weighted by atomic mass is 9.88. The number of fused-ring (bicyclic) bond motifs is 1. The number of rotatable bonds is 4. The van der Waals surface area contributed by atoms with Crippen molar-refractivity contribution in [1.29, 1.82) is 0 Å². The molecule has 3 rings (SSSR count). The first-order valence-corrected chi connectivity index (χ1v) is 8.24. The summed E-state index contributed by atoms with van der Waals surface area (Å²) in [5, 5.41) is 7.33. The van der Waals surface area contributed by atoms with Crippen LogP contribution in [-0.4, -0.2) is 35.3 Å². The predicted molar refractivity (Wildman–Crippen MR) is 94.8 cm³/mol. The second-order valence-electron chi connectivity index (χ2n) is 6.70. The Hall–Kier alpha value is -2.89. The van der Waals surface area contributed by atoms with E-state index in [2.05, 4.69) is 10.6 Å². The maximum atomic E-state index is 13.0. The molecule has 1 aliphatic rings. The van der Waals surface area contributed by atoms with Crippen LogP contribution in [0.25, 0.3) is 10.8 Å². The van der Waals surface area contributed by atoms with Crippen molar-refractivity contribution >= 4 is 28.6 Å². The summed E-state index contributed by atoms with van der Waals surface area (Å²) in [6.45, 7) is 5.03. The van der Waals surface area contributed by atoms with Crippen LogP contribution >= 0.6 is 0 Å².